The van der Waals surface area contributed by atoms with E-state index in [1.54, 1.807) is 0 Å². The standard InChI is InChI=1S/C19H21ClF3NO6/c1-9(30-24)16(25)27-8-28-17(26)11-5-10-6-13(20)12(18(2,3)4)7-14(10)29-15(11)19(21,22)23/h5-7,9,15H,8,24H2,1-4H3. The van der Waals surface area contributed by atoms with Crippen molar-refractivity contribution in [1.29, 1.82) is 0 Å². The van der Waals surface area contributed by atoms with Gasteiger partial charge in [0.05, 0.1) is 5.57 Å². The summed E-state index contributed by atoms with van der Waals surface area (Å²) in [6, 6.07) is 2.84. The first-order valence-corrected chi connectivity index (χ1v) is 9.11. The summed E-state index contributed by atoms with van der Waals surface area (Å²) in [5.41, 5.74) is -0.483. The van der Waals surface area contributed by atoms with E-state index in [0.29, 0.717) is 10.6 Å². The molecule has 0 aromatic heterocycles. The third-order valence-electron chi connectivity index (χ3n) is 4.21. The second-order valence-corrected chi connectivity index (χ2v) is 7.96. The Hall–Kier alpha value is -2.30. The lowest BCUT2D eigenvalue weighted by atomic mass is 9.85. The van der Waals surface area contributed by atoms with Gasteiger partial charge in [0.1, 0.15) is 5.75 Å². The number of ether oxygens (including phenoxy) is 3. The smallest absolute Gasteiger partial charge is 0.430 e. The number of carbonyl (C=O) groups is 2. The zero-order chi connectivity index (χ0) is 22.9. The van der Waals surface area contributed by atoms with Gasteiger partial charge in [0.2, 0.25) is 12.9 Å². The number of hydrogen-bond donors (Lipinski definition) is 1. The molecule has 1 aromatic rings. The summed E-state index contributed by atoms with van der Waals surface area (Å²) in [6.45, 7) is 5.89. The zero-order valence-corrected chi connectivity index (χ0v) is 17.4. The SMILES string of the molecule is CC(ON)C(=O)OCOC(=O)C1=Cc2cc(Cl)c(C(C)(C)C)cc2OC1C(F)(F)F. The first-order chi connectivity index (χ1) is 13.8. The number of nitrogens with two attached hydrogens (primary N) is 1. The third kappa shape index (κ3) is 5.44. The largest absolute Gasteiger partial charge is 0.475 e. The molecule has 0 bridgehead atoms. The number of rotatable bonds is 5. The van der Waals surface area contributed by atoms with Crippen LogP contribution in [0.5, 0.6) is 5.75 Å². The first-order valence-electron chi connectivity index (χ1n) is 8.74. The number of hydrogen-bond acceptors (Lipinski definition) is 7. The van der Waals surface area contributed by atoms with E-state index >= 15 is 0 Å². The second-order valence-electron chi connectivity index (χ2n) is 7.55. The average Bonchev–Trinajstić information content (AvgIpc) is 2.63. The first kappa shape index (κ1) is 24.0. The molecule has 7 nitrogen and oxygen atoms in total. The van der Waals surface area contributed by atoms with Gasteiger partial charge in [-0.3, -0.25) is 4.84 Å². The van der Waals surface area contributed by atoms with Crippen LogP contribution < -0.4 is 10.6 Å². The molecule has 0 radical (unpaired) electrons. The molecule has 0 aliphatic carbocycles. The van der Waals surface area contributed by atoms with Crippen LogP contribution in [0.15, 0.2) is 17.7 Å². The van der Waals surface area contributed by atoms with Crippen LogP contribution in [0, 0.1) is 0 Å². The lowest BCUT2D eigenvalue weighted by molar-refractivity contribution is -0.191. The minimum Gasteiger partial charge on any atom is -0.475 e. The van der Waals surface area contributed by atoms with Crippen LogP contribution in [0.1, 0.15) is 38.8 Å². The predicted molar refractivity (Wildman–Crippen MR) is 100 cm³/mol. The van der Waals surface area contributed by atoms with E-state index in [1.807, 2.05) is 20.8 Å². The number of esters is 2. The molecule has 2 N–H and O–H groups in total. The molecule has 166 valence electrons. The Balaban J connectivity index is 2.31. The molecule has 1 aromatic carbocycles. The fourth-order valence-electron chi connectivity index (χ4n) is 2.60. The minimum absolute atomic E-state index is 0.0662. The Morgan fingerprint density at radius 3 is 2.40 bits per heavy atom. The average molecular weight is 452 g/mol. The summed E-state index contributed by atoms with van der Waals surface area (Å²) < 4.78 is 54.9. The molecule has 1 heterocycles. The van der Waals surface area contributed by atoms with Gasteiger partial charge in [0.15, 0.2) is 6.10 Å². The highest BCUT2D eigenvalue weighted by Gasteiger charge is 2.49. The fourth-order valence-corrected chi connectivity index (χ4v) is 3.05. The van der Waals surface area contributed by atoms with Crippen LogP contribution in [0.2, 0.25) is 5.02 Å². The van der Waals surface area contributed by atoms with Crippen molar-refractivity contribution in [3.05, 3.63) is 33.9 Å². The Morgan fingerprint density at radius 1 is 1.23 bits per heavy atom. The third-order valence-corrected chi connectivity index (χ3v) is 4.52. The van der Waals surface area contributed by atoms with Crippen LogP contribution in [-0.4, -0.2) is 37.1 Å². The lowest BCUT2D eigenvalue weighted by Gasteiger charge is -2.30. The van der Waals surface area contributed by atoms with E-state index in [0.717, 1.165) is 6.08 Å². The van der Waals surface area contributed by atoms with Crippen molar-refractivity contribution in [3.63, 3.8) is 0 Å². The van der Waals surface area contributed by atoms with Gasteiger partial charge in [-0.1, -0.05) is 32.4 Å². The molecule has 1 aliphatic heterocycles. The predicted octanol–water partition coefficient (Wildman–Crippen LogP) is 3.67. The van der Waals surface area contributed by atoms with Gasteiger partial charge in [-0.2, -0.15) is 13.2 Å². The molecule has 0 amide bonds. The van der Waals surface area contributed by atoms with Crippen molar-refractivity contribution < 1.29 is 41.8 Å². The molecule has 2 unspecified atom stereocenters. The van der Waals surface area contributed by atoms with Crippen LogP contribution >= 0.6 is 11.6 Å². The quantitative estimate of drug-likeness (QED) is 0.414. The van der Waals surface area contributed by atoms with Gasteiger partial charge in [-0.25, -0.2) is 15.5 Å². The van der Waals surface area contributed by atoms with Crippen molar-refractivity contribution in [3.8, 4) is 5.75 Å². The Labute approximate surface area is 175 Å². The van der Waals surface area contributed by atoms with Gasteiger partial charge in [0.25, 0.3) is 0 Å². The second kappa shape index (κ2) is 8.83. The monoisotopic (exact) mass is 451 g/mol. The number of carbonyl (C=O) groups excluding carboxylic acids is 2. The lowest BCUT2D eigenvalue weighted by Crippen LogP contribution is -2.41. The van der Waals surface area contributed by atoms with E-state index in [1.165, 1.54) is 19.1 Å². The van der Waals surface area contributed by atoms with E-state index < -0.39 is 48.1 Å². The van der Waals surface area contributed by atoms with Crippen LogP contribution in [-0.2, 0) is 29.3 Å². The summed E-state index contributed by atoms with van der Waals surface area (Å²) in [4.78, 5) is 27.9. The number of fused-ring (bicyclic) bond motifs is 1. The maximum Gasteiger partial charge on any atom is 0.430 e. The van der Waals surface area contributed by atoms with Gasteiger partial charge in [0, 0.05) is 10.6 Å². The topological polar surface area (TPSA) is 97.1 Å². The summed E-state index contributed by atoms with van der Waals surface area (Å²) >= 11 is 6.26. The zero-order valence-electron chi connectivity index (χ0n) is 16.6. The Kier molecular flexibility index (Phi) is 7.05. The van der Waals surface area contributed by atoms with Crippen molar-refractivity contribution in [2.24, 2.45) is 5.90 Å². The molecule has 30 heavy (non-hydrogen) atoms. The summed E-state index contributed by atoms with van der Waals surface area (Å²) in [6.07, 6.45) is -7.61. The maximum absolute atomic E-state index is 13.5. The van der Waals surface area contributed by atoms with Gasteiger partial charge in [-0.05, 0) is 36.1 Å². The molecule has 11 heteroatoms. The molecular weight excluding hydrogens is 431 g/mol. The van der Waals surface area contributed by atoms with E-state index in [9.17, 15) is 22.8 Å². The van der Waals surface area contributed by atoms with Gasteiger partial charge < -0.3 is 14.2 Å². The Bertz CT molecular complexity index is 863. The van der Waals surface area contributed by atoms with Crippen LogP contribution in [0.4, 0.5) is 13.2 Å². The summed E-state index contributed by atoms with van der Waals surface area (Å²) in [5, 5.41) is 0.309. The number of halogens is 4. The minimum atomic E-state index is -4.90. The molecule has 2 atom stereocenters. The highest BCUT2D eigenvalue weighted by Crippen LogP contribution is 2.42. The van der Waals surface area contributed by atoms with E-state index in [4.69, 9.17) is 22.2 Å². The van der Waals surface area contributed by atoms with Crippen molar-refractivity contribution in [1.82, 2.24) is 0 Å². The molecule has 0 spiro atoms. The Morgan fingerprint density at radius 2 is 1.87 bits per heavy atom. The highest BCUT2D eigenvalue weighted by molar-refractivity contribution is 6.31. The fraction of sp³-hybridized carbons (Fsp3) is 0.474. The van der Waals surface area contributed by atoms with E-state index in [-0.39, 0.29) is 11.3 Å². The molecule has 0 fully saturated rings. The molecule has 1 aliphatic rings. The number of alkyl halides is 3. The summed E-state index contributed by atoms with van der Waals surface area (Å²) in [5.74, 6) is 2.42. The van der Waals surface area contributed by atoms with Crippen LogP contribution in [0.25, 0.3) is 6.08 Å². The van der Waals surface area contributed by atoms with E-state index in [2.05, 4.69) is 14.3 Å². The normalized spacial score (nSPS) is 17.4. The van der Waals surface area contributed by atoms with Crippen molar-refractivity contribution in [2.45, 2.75) is 51.5 Å². The maximum atomic E-state index is 13.5. The van der Waals surface area contributed by atoms with Gasteiger partial charge in [-0.15, -0.1) is 0 Å². The highest BCUT2D eigenvalue weighted by atomic mass is 35.5. The molecule has 2 rings (SSSR count). The molecule has 0 saturated carbocycles. The molecular formula is C19H21ClF3NO6. The van der Waals surface area contributed by atoms with Crippen LogP contribution in [0.3, 0.4) is 0 Å². The van der Waals surface area contributed by atoms with Crippen molar-refractivity contribution >= 4 is 29.6 Å². The number of benzene rings is 1. The summed E-state index contributed by atoms with van der Waals surface area (Å²) in [7, 11) is 0. The van der Waals surface area contributed by atoms with Crippen molar-refractivity contribution in [2.75, 3.05) is 6.79 Å². The molecule has 0 saturated heterocycles. The van der Waals surface area contributed by atoms with Gasteiger partial charge >= 0.3 is 18.1 Å².